The second-order valence-corrected chi connectivity index (χ2v) is 15.0. The van der Waals surface area contributed by atoms with E-state index in [1.807, 2.05) is 228 Å². The Bertz CT molecular complexity index is 2200. The first-order valence-electron chi connectivity index (χ1n) is 23.5. The maximum Gasteiger partial charge on any atom is 0.408 e. The Hall–Kier alpha value is -8.24. The first-order valence-corrected chi connectivity index (χ1v) is 25.1. The lowest BCUT2D eigenvalue weighted by molar-refractivity contribution is -0.140. The number of halogens is 1. The number of carboxylic acid groups (broad SMARTS) is 3. The normalized spacial score (nSPS) is 10.9. The zero-order valence-corrected chi connectivity index (χ0v) is 43.9. The van der Waals surface area contributed by atoms with Crippen LogP contribution in [-0.2, 0) is 67.7 Å². The van der Waals surface area contributed by atoms with Crippen LogP contribution in [0.15, 0.2) is 194 Å². The van der Waals surface area contributed by atoms with E-state index in [-0.39, 0.29) is 39.1 Å². The summed E-state index contributed by atoms with van der Waals surface area (Å²) >= 11 is 2.94. The number of amides is 3. The molecule has 6 aromatic carbocycles. The first-order chi connectivity index (χ1) is 35.9. The van der Waals surface area contributed by atoms with Gasteiger partial charge in [0, 0.05) is 19.3 Å². The molecule has 0 heterocycles. The number of aliphatic carboxylic acids is 3. The fourth-order valence-electron chi connectivity index (χ4n) is 5.87. The predicted octanol–water partition coefficient (Wildman–Crippen LogP) is 11.4. The highest BCUT2D eigenvalue weighted by Crippen LogP contribution is 2.09. The molecule has 0 radical (unpaired) electrons. The summed E-state index contributed by atoms with van der Waals surface area (Å²) in [5.41, 5.74) is 5.02. The molecule has 16 heteroatoms. The molecule has 0 aromatic heterocycles. The fraction of sp³-hybridized carbons (Fsp3) is 0.241. The van der Waals surface area contributed by atoms with E-state index in [0.29, 0.717) is 0 Å². The molecule has 6 aromatic rings. The fourth-order valence-corrected chi connectivity index (χ4v) is 5.87. The Balaban J connectivity index is 0.000000517. The van der Waals surface area contributed by atoms with Crippen molar-refractivity contribution in [3.05, 3.63) is 228 Å². The SMILES string of the molecule is C/C=C/C.CBr.CC.O=C(NC(Cc1ccccc1)C(=O)O)OCc1ccccc1.O=C(NC(Cc1ccccc1)C(=O)O)OCc1ccccc1.O=C(NC(Cc1ccccc1)C(=O)O)OCc1ccccc1. The predicted molar refractivity (Wildman–Crippen MR) is 291 cm³/mol. The molecule has 0 fully saturated rings. The van der Waals surface area contributed by atoms with Gasteiger partial charge in [0.05, 0.1) is 0 Å². The van der Waals surface area contributed by atoms with Gasteiger partial charge in [-0.1, -0.05) is 224 Å². The van der Waals surface area contributed by atoms with Crippen molar-refractivity contribution in [1.29, 1.82) is 0 Å². The molecule has 6 N–H and O–H groups in total. The summed E-state index contributed by atoms with van der Waals surface area (Å²) in [5, 5.41) is 34.7. The van der Waals surface area contributed by atoms with Gasteiger partial charge in [0.15, 0.2) is 0 Å². The summed E-state index contributed by atoms with van der Waals surface area (Å²) in [5.74, 6) is -1.48. The standard InChI is InChI=1S/3C17H17NO4.C4H8.C2H6.CH3Br/c3*19-16(20)15(11-13-7-3-1-4-8-13)18-17(21)22-12-14-9-5-2-6-10-14;1-3-4-2;2*1-2/h3*1-10,15H,11-12H2,(H,18,21)(H,19,20);3-4H,1-2H3;1-2H3;1H3/b;;;4-3+;;. The lowest BCUT2D eigenvalue weighted by Crippen LogP contribution is -2.42. The Kier molecular flexibility index (Phi) is 34.8. The highest BCUT2D eigenvalue weighted by molar-refractivity contribution is 9.08. The third-order valence-electron chi connectivity index (χ3n) is 9.59. The van der Waals surface area contributed by atoms with Gasteiger partial charge in [0.25, 0.3) is 0 Å². The van der Waals surface area contributed by atoms with E-state index in [1.54, 1.807) is 0 Å². The number of nitrogens with one attached hydrogen (secondary N) is 3. The Morgan fingerprint density at radius 1 is 0.378 bits per heavy atom. The zero-order valence-electron chi connectivity index (χ0n) is 42.3. The highest BCUT2D eigenvalue weighted by atomic mass is 79.9. The summed E-state index contributed by atoms with van der Waals surface area (Å²) < 4.78 is 15.1. The van der Waals surface area contributed by atoms with Gasteiger partial charge in [0.1, 0.15) is 37.9 Å². The topological polar surface area (TPSA) is 227 Å². The van der Waals surface area contributed by atoms with Gasteiger partial charge in [-0.3, -0.25) is 0 Å². The van der Waals surface area contributed by atoms with Gasteiger partial charge >= 0.3 is 36.2 Å². The number of carboxylic acids is 3. The molecule has 3 amide bonds. The number of hydrogen-bond donors (Lipinski definition) is 6. The largest absolute Gasteiger partial charge is 0.480 e. The molecule has 0 aliphatic heterocycles. The molecule has 0 aliphatic carbocycles. The summed E-state index contributed by atoms with van der Waals surface area (Å²) in [6, 6.07) is 51.9. The van der Waals surface area contributed by atoms with Crippen LogP contribution in [0, 0.1) is 0 Å². The number of allylic oxidation sites excluding steroid dienone is 2. The number of rotatable bonds is 18. The number of carbonyl (C=O) groups is 6. The molecule has 0 aliphatic rings. The number of hydrogen-bond acceptors (Lipinski definition) is 9. The van der Waals surface area contributed by atoms with E-state index in [2.05, 4.69) is 31.9 Å². The van der Waals surface area contributed by atoms with Crippen LogP contribution >= 0.6 is 15.9 Å². The lowest BCUT2D eigenvalue weighted by atomic mass is 10.1. The highest BCUT2D eigenvalue weighted by Gasteiger charge is 2.23. The van der Waals surface area contributed by atoms with Crippen LogP contribution in [0.1, 0.15) is 61.1 Å². The van der Waals surface area contributed by atoms with Gasteiger partial charge in [-0.05, 0) is 53.1 Å². The second kappa shape index (κ2) is 40.4. The van der Waals surface area contributed by atoms with Crippen molar-refractivity contribution in [3.8, 4) is 0 Å². The molecule has 15 nitrogen and oxygen atoms in total. The third-order valence-corrected chi connectivity index (χ3v) is 9.59. The van der Waals surface area contributed by atoms with E-state index in [4.69, 9.17) is 14.2 Å². The molecule has 74 heavy (non-hydrogen) atoms. The zero-order chi connectivity index (χ0) is 54.8. The van der Waals surface area contributed by atoms with Gasteiger partial charge < -0.3 is 45.5 Å². The minimum Gasteiger partial charge on any atom is -0.480 e. The van der Waals surface area contributed by atoms with Crippen LogP contribution in [0.25, 0.3) is 0 Å². The summed E-state index contributed by atoms with van der Waals surface area (Å²) in [6.45, 7) is 8.30. The molecule has 0 spiro atoms. The molecule has 0 saturated carbocycles. The monoisotopic (exact) mass is 1080 g/mol. The molecule has 3 atom stereocenters. The molecule has 0 saturated heterocycles. The maximum atomic E-state index is 11.7. The molecule has 3 unspecified atom stereocenters. The van der Waals surface area contributed by atoms with Gasteiger partial charge in [0.2, 0.25) is 0 Å². The van der Waals surface area contributed by atoms with E-state index >= 15 is 0 Å². The number of alkyl carbamates (subject to hydrolysis) is 3. The third kappa shape index (κ3) is 29.8. The maximum absolute atomic E-state index is 11.7. The molecular formula is C58H68BrN3O12. The number of carbonyl (C=O) groups excluding carboxylic acids is 3. The van der Waals surface area contributed by atoms with Crippen LogP contribution in [0.2, 0.25) is 0 Å². The first kappa shape index (κ1) is 63.8. The van der Waals surface area contributed by atoms with Crippen molar-refractivity contribution in [2.75, 3.05) is 5.83 Å². The van der Waals surface area contributed by atoms with Crippen molar-refractivity contribution in [1.82, 2.24) is 16.0 Å². The summed E-state index contributed by atoms with van der Waals surface area (Å²) in [4.78, 5) is 68.9. The number of alkyl halides is 1. The summed E-state index contributed by atoms with van der Waals surface area (Å²) in [6.07, 6.45) is 2.38. The Morgan fingerprint density at radius 2 is 0.554 bits per heavy atom. The van der Waals surface area contributed by atoms with Crippen LogP contribution in [0.4, 0.5) is 14.4 Å². The van der Waals surface area contributed by atoms with Gasteiger partial charge in [-0.2, -0.15) is 0 Å². The van der Waals surface area contributed by atoms with Gasteiger partial charge in [-0.15, -0.1) is 0 Å². The van der Waals surface area contributed by atoms with Crippen LogP contribution < -0.4 is 16.0 Å². The average Bonchev–Trinajstić information content (AvgIpc) is 3.44. The van der Waals surface area contributed by atoms with Crippen molar-refractivity contribution < 1.29 is 58.3 Å². The lowest BCUT2D eigenvalue weighted by Gasteiger charge is -2.14. The molecule has 394 valence electrons. The minimum atomic E-state index is -1.10. The minimum absolute atomic E-state index is 0.102. The van der Waals surface area contributed by atoms with E-state index in [1.165, 1.54) is 0 Å². The van der Waals surface area contributed by atoms with E-state index in [0.717, 1.165) is 33.4 Å². The average molecular weight is 1080 g/mol. The smallest absolute Gasteiger partial charge is 0.408 e. The van der Waals surface area contributed by atoms with Crippen molar-refractivity contribution in [2.45, 2.75) is 84.9 Å². The Morgan fingerprint density at radius 3 is 0.716 bits per heavy atom. The number of benzene rings is 6. The number of ether oxygens (including phenoxy) is 3. The van der Waals surface area contributed by atoms with Crippen LogP contribution in [0.5, 0.6) is 0 Å². The van der Waals surface area contributed by atoms with Gasteiger partial charge in [-0.25, -0.2) is 28.8 Å². The summed E-state index contributed by atoms with van der Waals surface area (Å²) in [7, 11) is 0. The van der Waals surface area contributed by atoms with E-state index in [9.17, 15) is 44.1 Å². The molecule has 6 rings (SSSR count). The van der Waals surface area contributed by atoms with Crippen molar-refractivity contribution >= 4 is 52.1 Å². The molecule has 0 bridgehead atoms. The van der Waals surface area contributed by atoms with Crippen molar-refractivity contribution in [3.63, 3.8) is 0 Å². The quantitative estimate of drug-likeness (QED) is 0.0268. The Labute approximate surface area is 442 Å². The van der Waals surface area contributed by atoms with Crippen LogP contribution in [-0.4, -0.2) is 75.5 Å². The molecular weight excluding hydrogens is 1010 g/mol. The van der Waals surface area contributed by atoms with Crippen molar-refractivity contribution in [2.24, 2.45) is 0 Å². The van der Waals surface area contributed by atoms with E-state index < -0.39 is 54.3 Å². The van der Waals surface area contributed by atoms with Crippen LogP contribution in [0.3, 0.4) is 0 Å². The second-order valence-electron chi connectivity index (χ2n) is 15.0.